The van der Waals surface area contributed by atoms with Crippen LogP contribution >= 0.6 is 22.6 Å². The Kier molecular flexibility index (Phi) is 2.00. The zero-order chi connectivity index (χ0) is 8.55. The predicted octanol–water partition coefficient (Wildman–Crippen LogP) is 0.523. The second-order valence-electron chi connectivity index (χ2n) is 2.68. The van der Waals surface area contributed by atoms with Gasteiger partial charge in [-0.2, -0.15) is 0 Å². The van der Waals surface area contributed by atoms with Crippen molar-refractivity contribution in [1.82, 2.24) is 4.98 Å². The Bertz CT molecular complexity index is 430. The average molecular weight is 269 g/mol. The fourth-order valence-corrected chi connectivity index (χ4v) is 1.63. The third kappa shape index (κ3) is 1.31. The molecule has 4 heteroatoms. The second-order valence-corrected chi connectivity index (χ2v) is 3.92. The van der Waals surface area contributed by atoms with Crippen molar-refractivity contribution in [3.8, 4) is 0 Å². The van der Waals surface area contributed by atoms with Crippen LogP contribution in [0.3, 0.4) is 0 Å². The summed E-state index contributed by atoms with van der Waals surface area (Å²) in [6.45, 7) is 0. The molecule has 0 spiro atoms. The molecule has 2 aromatic rings. The smallest absolute Gasteiger partial charge is 0.288 e. The van der Waals surface area contributed by atoms with Crippen molar-refractivity contribution in [2.24, 2.45) is 0 Å². The maximum Gasteiger partial charge on any atom is 0.456 e. The van der Waals surface area contributed by atoms with E-state index in [1.165, 1.54) is 9.09 Å². The zero-order valence-electron chi connectivity index (χ0n) is 6.66. The van der Waals surface area contributed by atoms with E-state index in [9.17, 15) is 0 Å². The lowest BCUT2D eigenvalue weighted by Gasteiger charge is -1.95. The first-order valence-electron chi connectivity index (χ1n) is 3.67. The molecule has 2 aromatic heterocycles. The van der Waals surface area contributed by atoms with Crippen LogP contribution in [0.5, 0.6) is 0 Å². The molecule has 0 radical (unpaired) electrons. The maximum atomic E-state index is 4.31. The van der Waals surface area contributed by atoms with Crippen molar-refractivity contribution < 1.29 is 4.48 Å². The molecule has 0 fully saturated rings. The first-order chi connectivity index (χ1) is 5.77. The number of fused-ring (bicyclic) bond motifs is 1. The molecule has 12 heavy (non-hydrogen) atoms. The summed E-state index contributed by atoms with van der Waals surface area (Å²) >= 11 is 2.27. The Morgan fingerprint density at radius 3 is 3.17 bits per heavy atom. The van der Waals surface area contributed by atoms with Crippen molar-refractivity contribution >= 4 is 41.6 Å². The summed E-state index contributed by atoms with van der Waals surface area (Å²) in [6, 6.07) is 6.15. The van der Waals surface area contributed by atoms with E-state index in [4.69, 9.17) is 0 Å². The molecule has 2 nitrogen and oxygen atoms in total. The highest BCUT2D eigenvalue weighted by molar-refractivity contribution is 14.1. The molecule has 2 heterocycles. The van der Waals surface area contributed by atoms with E-state index in [0.29, 0.717) is 0 Å². The number of nitrogens with zero attached hydrogens (tertiary/aromatic N) is 2. The van der Waals surface area contributed by atoms with Gasteiger partial charge < -0.3 is 0 Å². The van der Waals surface area contributed by atoms with Gasteiger partial charge in [-0.15, -0.1) is 0 Å². The predicted molar refractivity (Wildman–Crippen MR) is 58.6 cm³/mol. The quantitative estimate of drug-likeness (QED) is 0.503. The zero-order valence-corrected chi connectivity index (χ0v) is 8.82. The van der Waals surface area contributed by atoms with E-state index >= 15 is 0 Å². The van der Waals surface area contributed by atoms with Gasteiger partial charge >= 0.3 is 7.98 Å². The molecule has 0 aliphatic carbocycles. The lowest BCUT2D eigenvalue weighted by atomic mass is 10.2. The molecule has 0 unspecified atom stereocenters. The third-order valence-electron chi connectivity index (χ3n) is 1.81. The summed E-state index contributed by atoms with van der Waals surface area (Å²) in [5, 5.41) is 0. The van der Waals surface area contributed by atoms with Gasteiger partial charge in [0.25, 0.3) is 0 Å². The van der Waals surface area contributed by atoms with Crippen LogP contribution in [-0.4, -0.2) is 13.0 Å². The van der Waals surface area contributed by atoms with E-state index in [-0.39, 0.29) is 0 Å². The molecule has 0 atom stereocenters. The maximum absolute atomic E-state index is 4.31. The lowest BCUT2D eigenvalue weighted by Crippen LogP contribution is -2.31. The normalized spacial score (nSPS) is 10.4. The molecule has 0 N–H and O–H groups in total. The summed E-state index contributed by atoms with van der Waals surface area (Å²) in [5.41, 5.74) is 2.21. The van der Waals surface area contributed by atoms with Gasteiger partial charge in [-0.1, -0.05) is 0 Å². The first kappa shape index (κ1) is 7.98. The highest BCUT2D eigenvalue weighted by atomic mass is 127. The van der Waals surface area contributed by atoms with Crippen LogP contribution in [0.15, 0.2) is 30.6 Å². The van der Waals surface area contributed by atoms with Crippen LogP contribution in [-0.2, 0) is 0 Å². The van der Waals surface area contributed by atoms with Gasteiger partial charge in [0.1, 0.15) is 11.7 Å². The minimum atomic E-state index is 1.04. The van der Waals surface area contributed by atoms with Gasteiger partial charge in [-0.25, -0.2) is 4.98 Å². The molecule has 0 aliphatic heterocycles. The average Bonchev–Trinajstić information content (AvgIpc) is 2.07. The van der Waals surface area contributed by atoms with Crippen molar-refractivity contribution in [3.05, 3.63) is 34.2 Å². The van der Waals surface area contributed by atoms with Gasteiger partial charge in [0.05, 0.1) is 0 Å². The molecule has 58 valence electrons. The molecule has 0 amide bonds. The summed E-state index contributed by atoms with van der Waals surface area (Å²) in [5.74, 6) is 0. The number of hydrogen-bond donors (Lipinski definition) is 0. The molecule has 0 saturated carbocycles. The minimum absolute atomic E-state index is 1.04. The van der Waals surface area contributed by atoms with E-state index in [2.05, 4.69) is 38.1 Å². The SMILES string of the molecule is B[n+]1cccc2ncc(I)cc21. The summed E-state index contributed by atoms with van der Waals surface area (Å²) in [6.07, 6.45) is 3.91. The highest BCUT2D eigenvalue weighted by Crippen LogP contribution is 2.09. The summed E-state index contributed by atoms with van der Waals surface area (Å²) in [4.78, 5) is 4.31. The van der Waals surface area contributed by atoms with Crippen LogP contribution in [0.2, 0.25) is 0 Å². The molecule has 0 bridgehead atoms. The lowest BCUT2D eigenvalue weighted by molar-refractivity contribution is -0.491. The topological polar surface area (TPSA) is 16.8 Å². The Morgan fingerprint density at radius 1 is 1.50 bits per heavy atom. The van der Waals surface area contributed by atoms with Crippen molar-refractivity contribution in [1.29, 1.82) is 0 Å². The fraction of sp³-hybridized carbons (Fsp3) is 0. The number of rotatable bonds is 0. The van der Waals surface area contributed by atoms with Crippen LogP contribution < -0.4 is 4.48 Å². The molecule has 0 saturated heterocycles. The van der Waals surface area contributed by atoms with E-state index in [1.807, 2.05) is 32.5 Å². The molecule has 2 rings (SSSR count). The van der Waals surface area contributed by atoms with Gasteiger partial charge in [0.15, 0.2) is 0 Å². The second kappa shape index (κ2) is 3.01. The van der Waals surface area contributed by atoms with E-state index in [1.54, 1.807) is 0 Å². The number of halogens is 1. The molecular weight excluding hydrogens is 262 g/mol. The standard InChI is InChI=1S/C8H7BIN2/c9-12-3-1-2-7-8(12)4-6(10)5-11-7/h1-5H,9H2/q+1. The number of hydrogen-bond acceptors (Lipinski definition) is 1. The molecule has 0 aromatic carbocycles. The third-order valence-corrected chi connectivity index (χ3v) is 2.40. The van der Waals surface area contributed by atoms with Crippen LogP contribution in [0, 0.1) is 3.57 Å². The Balaban J connectivity index is 2.88. The van der Waals surface area contributed by atoms with Gasteiger partial charge in [-0.05, 0) is 28.7 Å². The largest absolute Gasteiger partial charge is 0.456 e. The Morgan fingerprint density at radius 2 is 2.33 bits per heavy atom. The van der Waals surface area contributed by atoms with Crippen molar-refractivity contribution in [2.45, 2.75) is 0 Å². The summed E-state index contributed by atoms with van der Waals surface area (Å²) in [7, 11) is 2.03. The molecular formula is C8H7BIN2+. The highest BCUT2D eigenvalue weighted by Gasteiger charge is 2.03. The summed E-state index contributed by atoms with van der Waals surface area (Å²) < 4.78 is 3.24. The van der Waals surface area contributed by atoms with Crippen molar-refractivity contribution in [3.63, 3.8) is 0 Å². The Labute approximate surface area is 85.2 Å². The number of aromatic nitrogens is 2. The fourth-order valence-electron chi connectivity index (χ4n) is 1.19. The van der Waals surface area contributed by atoms with E-state index < -0.39 is 0 Å². The van der Waals surface area contributed by atoms with Gasteiger partial charge in [0.2, 0.25) is 5.52 Å². The first-order valence-corrected chi connectivity index (χ1v) is 4.75. The van der Waals surface area contributed by atoms with E-state index in [0.717, 1.165) is 5.52 Å². The van der Waals surface area contributed by atoms with Crippen LogP contribution in [0.25, 0.3) is 11.0 Å². The van der Waals surface area contributed by atoms with Crippen LogP contribution in [0.4, 0.5) is 0 Å². The Hall–Kier alpha value is -0.645. The molecule has 0 aliphatic rings. The monoisotopic (exact) mass is 269 g/mol. The van der Waals surface area contributed by atoms with Crippen molar-refractivity contribution in [2.75, 3.05) is 0 Å². The number of pyridine rings is 2. The van der Waals surface area contributed by atoms with Crippen LogP contribution in [0.1, 0.15) is 0 Å². The van der Waals surface area contributed by atoms with Gasteiger partial charge in [0, 0.05) is 21.9 Å². The minimum Gasteiger partial charge on any atom is -0.288 e. The van der Waals surface area contributed by atoms with Gasteiger partial charge in [-0.3, -0.25) is 4.48 Å².